The minimum absolute atomic E-state index is 0.159. The molecule has 29 heavy (non-hydrogen) atoms. The molecule has 0 radical (unpaired) electrons. The van der Waals surface area contributed by atoms with Gasteiger partial charge in [-0.05, 0) is 42.0 Å². The summed E-state index contributed by atoms with van der Waals surface area (Å²) in [6, 6.07) is 15.0. The van der Waals surface area contributed by atoms with Gasteiger partial charge in [-0.1, -0.05) is 29.8 Å². The monoisotopic (exact) mass is 404 g/mol. The fraction of sp³-hybridized carbons (Fsp3) is 0.143. The molecule has 5 aromatic rings. The number of para-hydroxylation sites is 1. The molecule has 4 aromatic heterocycles. The van der Waals surface area contributed by atoms with Gasteiger partial charge >= 0.3 is 10.7 Å². The summed E-state index contributed by atoms with van der Waals surface area (Å²) in [7, 11) is 0. The Balaban J connectivity index is 1.72. The molecule has 0 bridgehead atoms. The maximum absolute atomic E-state index is 13.3. The van der Waals surface area contributed by atoms with Crippen LogP contribution in [0.3, 0.4) is 0 Å². The van der Waals surface area contributed by atoms with Crippen molar-refractivity contribution in [2.75, 3.05) is 0 Å². The van der Waals surface area contributed by atoms with Gasteiger partial charge in [0.25, 0.3) is 5.56 Å². The summed E-state index contributed by atoms with van der Waals surface area (Å²) in [5, 5.41) is 4.32. The van der Waals surface area contributed by atoms with Crippen LogP contribution in [0.4, 0.5) is 0 Å². The van der Waals surface area contributed by atoms with E-state index in [0.717, 1.165) is 15.9 Å². The molecule has 0 aliphatic carbocycles. The van der Waals surface area contributed by atoms with Gasteiger partial charge in [0.1, 0.15) is 10.9 Å². The Hall–Kier alpha value is -3.52. The van der Waals surface area contributed by atoms with E-state index in [9.17, 15) is 9.59 Å². The van der Waals surface area contributed by atoms with Crippen LogP contribution < -0.4 is 16.1 Å². The number of hydrogen-bond acceptors (Lipinski definition) is 4. The van der Waals surface area contributed by atoms with Crippen LogP contribution in [-0.2, 0) is 13.0 Å². The average Bonchev–Trinajstić information content (AvgIpc) is 3.30. The van der Waals surface area contributed by atoms with Crippen molar-refractivity contribution in [3.8, 4) is 5.13 Å². The SMILES string of the molecule is CCc1c2c(=O)n(-c3[nH+]c4ccccc4s3)[nH]c2cc(=O)n1Cc1ccccn1. The minimum atomic E-state index is -0.172. The Kier molecular flexibility index (Phi) is 4.13. The molecular weight excluding hydrogens is 386 g/mol. The van der Waals surface area contributed by atoms with E-state index in [1.54, 1.807) is 10.8 Å². The number of aromatic amines is 2. The predicted octanol–water partition coefficient (Wildman–Crippen LogP) is 2.52. The Labute approximate surface area is 168 Å². The van der Waals surface area contributed by atoms with Crippen molar-refractivity contribution < 1.29 is 4.98 Å². The molecule has 0 spiro atoms. The molecule has 0 saturated carbocycles. The van der Waals surface area contributed by atoms with Crippen molar-refractivity contribution in [3.05, 3.63) is 86.8 Å². The lowest BCUT2D eigenvalue weighted by Crippen LogP contribution is -2.26. The summed E-state index contributed by atoms with van der Waals surface area (Å²) in [5.41, 5.74) is 2.66. The summed E-state index contributed by atoms with van der Waals surface area (Å²) in [6.07, 6.45) is 2.26. The smallest absolute Gasteiger partial charge is 0.306 e. The summed E-state index contributed by atoms with van der Waals surface area (Å²) < 4.78 is 4.18. The van der Waals surface area contributed by atoms with Gasteiger partial charge in [-0.3, -0.25) is 9.78 Å². The van der Waals surface area contributed by atoms with Crippen molar-refractivity contribution in [1.82, 2.24) is 19.3 Å². The summed E-state index contributed by atoms with van der Waals surface area (Å²) in [6.45, 7) is 2.28. The highest BCUT2D eigenvalue weighted by Crippen LogP contribution is 2.21. The van der Waals surface area contributed by atoms with E-state index < -0.39 is 0 Å². The van der Waals surface area contributed by atoms with Crippen molar-refractivity contribution in [1.29, 1.82) is 0 Å². The zero-order valence-corrected chi connectivity index (χ0v) is 16.5. The first-order chi connectivity index (χ1) is 14.2. The lowest BCUT2D eigenvalue weighted by molar-refractivity contribution is -0.334. The molecule has 8 heteroatoms. The third-order valence-electron chi connectivity index (χ3n) is 4.99. The second-order valence-corrected chi connectivity index (χ2v) is 7.79. The molecule has 1 aromatic carbocycles. The Morgan fingerprint density at radius 3 is 2.72 bits per heavy atom. The number of benzene rings is 1. The Bertz CT molecular complexity index is 1430. The first-order valence-electron chi connectivity index (χ1n) is 9.34. The number of nitrogens with one attached hydrogen (secondary N) is 2. The van der Waals surface area contributed by atoms with Crippen LogP contribution in [0.1, 0.15) is 18.3 Å². The van der Waals surface area contributed by atoms with E-state index in [-0.39, 0.29) is 11.1 Å². The first kappa shape index (κ1) is 17.6. The highest BCUT2D eigenvalue weighted by molar-refractivity contribution is 7.20. The normalized spacial score (nSPS) is 11.5. The number of pyridine rings is 2. The topological polar surface area (TPSA) is 86.8 Å². The van der Waals surface area contributed by atoms with Gasteiger partial charge in [0.15, 0.2) is 0 Å². The van der Waals surface area contributed by atoms with Gasteiger partial charge in [0, 0.05) is 18.0 Å². The van der Waals surface area contributed by atoms with Gasteiger partial charge in [0.2, 0.25) is 0 Å². The minimum Gasteiger partial charge on any atom is -0.306 e. The van der Waals surface area contributed by atoms with Gasteiger partial charge in [-0.2, -0.15) is 0 Å². The number of fused-ring (bicyclic) bond motifs is 2. The van der Waals surface area contributed by atoms with E-state index in [0.29, 0.717) is 34.7 Å². The molecule has 0 aliphatic heterocycles. The van der Waals surface area contributed by atoms with Crippen LogP contribution in [0, 0.1) is 0 Å². The molecule has 0 saturated heterocycles. The summed E-state index contributed by atoms with van der Waals surface area (Å²) >= 11 is 1.49. The third-order valence-corrected chi connectivity index (χ3v) is 6.04. The molecule has 4 heterocycles. The van der Waals surface area contributed by atoms with Gasteiger partial charge in [-0.25, -0.2) is 14.9 Å². The summed E-state index contributed by atoms with van der Waals surface area (Å²) in [4.78, 5) is 33.7. The lowest BCUT2D eigenvalue weighted by Gasteiger charge is -2.11. The molecular formula is C21H18N5O2S+. The van der Waals surface area contributed by atoms with Gasteiger partial charge < -0.3 is 4.57 Å². The highest BCUT2D eigenvalue weighted by atomic mass is 32.1. The number of thiazole rings is 1. The molecule has 0 aliphatic rings. The number of aromatic nitrogens is 5. The lowest BCUT2D eigenvalue weighted by atomic mass is 10.2. The van der Waals surface area contributed by atoms with E-state index in [2.05, 4.69) is 15.1 Å². The average molecular weight is 404 g/mol. The van der Waals surface area contributed by atoms with Crippen LogP contribution >= 0.6 is 11.3 Å². The molecule has 5 rings (SSSR count). The molecule has 2 N–H and O–H groups in total. The van der Waals surface area contributed by atoms with Crippen LogP contribution in [0.15, 0.2) is 64.3 Å². The van der Waals surface area contributed by atoms with E-state index >= 15 is 0 Å². The molecule has 0 atom stereocenters. The maximum atomic E-state index is 13.3. The molecule has 144 valence electrons. The molecule has 0 fully saturated rings. The van der Waals surface area contributed by atoms with E-state index in [1.807, 2.05) is 49.4 Å². The maximum Gasteiger partial charge on any atom is 0.369 e. The molecule has 7 nitrogen and oxygen atoms in total. The van der Waals surface area contributed by atoms with Crippen LogP contribution in [0.2, 0.25) is 0 Å². The molecule has 0 amide bonds. The first-order valence-corrected chi connectivity index (χ1v) is 10.2. The fourth-order valence-corrected chi connectivity index (χ4v) is 4.61. The van der Waals surface area contributed by atoms with Crippen molar-refractivity contribution in [2.45, 2.75) is 19.9 Å². The predicted molar refractivity (Wildman–Crippen MR) is 113 cm³/mol. The van der Waals surface area contributed by atoms with E-state index in [1.165, 1.54) is 22.1 Å². The second-order valence-electron chi connectivity index (χ2n) is 6.76. The van der Waals surface area contributed by atoms with E-state index in [4.69, 9.17) is 0 Å². The quantitative estimate of drug-likeness (QED) is 0.499. The third kappa shape index (κ3) is 2.89. The van der Waals surface area contributed by atoms with Crippen LogP contribution in [0.5, 0.6) is 0 Å². The Morgan fingerprint density at radius 2 is 1.97 bits per heavy atom. The standard InChI is InChI=1S/C21H17N5O2S/c1-2-16-19-15(11-18(27)25(16)12-13-7-5-6-10-22-13)24-26(20(19)28)21-23-14-8-3-4-9-17(14)29-21/h3-11,24H,2,12H2,1H3/p+1. The zero-order valence-electron chi connectivity index (χ0n) is 15.7. The Morgan fingerprint density at radius 1 is 1.14 bits per heavy atom. The number of hydrogen-bond donors (Lipinski definition) is 1. The second kappa shape index (κ2) is 6.82. The fourth-order valence-electron chi connectivity index (χ4n) is 3.65. The number of nitrogens with zero attached hydrogens (tertiary/aromatic N) is 3. The van der Waals surface area contributed by atoms with Crippen molar-refractivity contribution >= 4 is 32.5 Å². The summed E-state index contributed by atoms with van der Waals surface area (Å²) in [5.74, 6) is 0. The van der Waals surface area contributed by atoms with Crippen molar-refractivity contribution in [3.63, 3.8) is 0 Å². The number of rotatable bonds is 4. The van der Waals surface area contributed by atoms with Crippen molar-refractivity contribution in [2.24, 2.45) is 0 Å². The highest BCUT2D eigenvalue weighted by Gasteiger charge is 2.23. The largest absolute Gasteiger partial charge is 0.369 e. The van der Waals surface area contributed by atoms with Gasteiger partial charge in [0.05, 0.1) is 22.5 Å². The van der Waals surface area contributed by atoms with Gasteiger partial charge in [-0.15, -0.1) is 0 Å². The number of aryl methyl sites for hydroxylation is 1. The number of H-pyrrole nitrogens is 2. The zero-order chi connectivity index (χ0) is 20.0. The van der Waals surface area contributed by atoms with Crippen LogP contribution in [-0.4, -0.2) is 19.3 Å². The van der Waals surface area contributed by atoms with Crippen LogP contribution in [0.25, 0.3) is 26.3 Å². The molecule has 0 unspecified atom stereocenters.